The number of aliphatic hydroxyl groups is 1. The summed E-state index contributed by atoms with van der Waals surface area (Å²) in [6.45, 7) is 1.18. The number of hydrogen-bond donors (Lipinski definition) is 4. The second kappa shape index (κ2) is 9.71. The number of halogens is 1. The Morgan fingerprint density at radius 3 is 2.69 bits per heavy atom. The van der Waals surface area contributed by atoms with E-state index in [0.717, 1.165) is 31.2 Å². The zero-order valence-corrected chi connectivity index (χ0v) is 19.3. The van der Waals surface area contributed by atoms with Gasteiger partial charge in [0.2, 0.25) is 0 Å². The first-order chi connectivity index (χ1) is 16.9. The number of ether oxygens (including phenoxy) is 1. The Balaban J connectivity index is 1.44. The van der Waals surface area contributed by atoms with Crippen LogP contribution in [-0.4, -0.2) is 63.5 Å². The van der Waals surface area contributed by atoms with Gasteiger partial charge in [-0.1, -0.05) is 12.8 Å². The van der Waals surface area contributed by atoms with Crippen molar-refractivity contribution >= 4 is 22.8 Å². The van der Waals surface area contributed by atoms with Crippen molar-refractivity contribution in [3.63, 3.8) is 0 Å². The van der Waals surface area contributed by atoms with Gasteiger partial charge in [-0.15, -0.1) is 0 Å². The number of pyridine rings is 1. The molecule has 3 heterocycles. The zero-order chi connectivity index (χ0) is 24.4. The Hall–Kier alpha value is -3.37. The van der Waals surface area contributed by atoms with E-state index in [4.69, 9.17) is 15.5 Å². The minimum atomic E-state index is -0.950. The Bertz CT molecular complexity index is 1220. The normalized spacial score (nSPS) is 21.7. The predicted octanol–water partition coefficient (Wildman–Crippen LogP) is 2.59. The van der Waals surface area contributed by atoms with Crippen LogP contribution in [0.5, 0.6) is 5.75 Å². The third-order valence-electron chi connectivity index (χ3n) is 6.69. The molecule has 0 spiro atoms. The highest BCUT2D eigenvalue weighted by atomic mass is 19.1. The van der Waals surface area contributed by atoms with Crippen molar-refractivity contribution in [1.82, 2.24) is 20.3 Å². The first-order valence-corrected chi connectivity index (χ1v) is 11.9. The highest BCUT2D eigenvalue weighted by Gasteiger charge is 2.32. The fourth-order valence-corrected chi connectivity index (χ4v) is 4.79. The van der Waals surface area contributed by atoms with Crippen LogP contribution in [0.4, 0.5) is 10.2 Å². The van der Waals surface area contributed by atoms with Crippen molar-refractivity contribution in [1.29, 1.82) is 0 Å². The largest absolute Gasteiger partial charge is 0.491 e. The van der Waals surface area contributed by atoms with Gasteiger partial charge in [0.25, 0.3) is 5.91 Å². The summed E-state index contributed by atoms with van der Waals surface area (Å²) in [4.78, 5) is 25.5. The van der Waals surface area contributed by atoms with Crippen LogP contribution in [-0.2, 0) is 0 Å². The topological polar surface area (TPSA) is 135 Å². The van der Waals surface area contributed by atoms with Crippen molar-refractivity contribution in [2.45, 2.75) is 49.9 Å². The van der Waals surface area contributed by atoms with Gasteiger partial charge in [-0.05, 0) is 43.2 Å². The Labute approximate surface area is 202 Å². The quantitative estimate of drug-likeness (QED) is 0.405. The van der Waals surface area contributed by atoms with E-state index in [1.54, 1.807) is 18.2 Å². The molecule has 5 rings (SSSR count). The van der Waals surface area contributed by atoms with Gasteiger partial charge in [0.15, 0.2) is 5.82 Å². The predicted molar refractivity (Wildman–Crippen MR) is 130 cm³/mol. The number of carbonyl (C=O) groups excluding carboxylic acids is 1. The molecule has 184 valence electrons. The summed E-state index contributed by atoms with van der Waals surface area (Å²) in [5.41, 5.74) is 7.14. The Kier molecular flexibility index (Phi) is 6.48. The van der Waals surface area contributed by atoms with E-state index in [1.807, 2.05) is 12.1 Å². The summed E-state index contributed by atoms with van der Waals surface area (Å²) in [5, 5.41) is 16.8. The lowest BCUT2D eigenvalue weighted by atomic mass is 10.0. The van der Waals surface area contributed by atoms with E-state index in [2.05, 4.69) is 20.6 Å². The van der Waals surface area contributed by atoms with Crippen LogP contribution in [0.3, 0.4) is 0 Å². The number of alkyl halides is 1. The smallest absolute Gasteiger partial charge is 0.251 e. The van der Waals surface area contributed by atoms with Crippen LogP contribution in [0.25, 0.3) is 22.3 Å². The van der Waals surface area contributed by atoms with Crippen LogP contribution in [0.1, 0.15) is 42.5 Å². The molecule has 1 saturated heterocycles. The minimum absolute atomic E-state index is 0.176. The molecule has 1 amide bonds. The van der Waals surface area contributed by atoms with Gasteiger partial charge >= 0.3 is 0 Å². The highest BCUT2D eigenvalue weighted by molar-refractivity contribution is 6.06. The fourth-order valence-electron chi connectivity index (χ4n) is 4.79. The van der Waals surface area contributed by atoms with Crippen LogP contribution in [0.2, 0.25) is 0 Å². The number of amides is 1. The van der Waals surface area contributed by atoms with E-state index in [-0.39, 0.29) is 18.2 Å². The molecule has 0 radical (unpaired) electrons. The van der Waals surface area contributed by atoms with Crippen molar-refractivity contribution in [3.05, 3.63) is 42.2 Å². The standard InChI is InChI=1S/C25H29FN6O3/c26-16-9-17(12-28-11-16)31-24-22-21(29-14-30-24)19(23(27)33)10-20(32-22)15-3-5-18(6-4-15)35-13-25(34)7-1-2-8-25/h3-6,10,14,16-17,28,34H,1-2,7-9,11-13H2,(H2,27,33)(H,29,30,31)/t16-,17-/m0/s1. The number of primary amides is 1. The van der Waals surface area contributed by atoms with Gasteiger partial charge in [-0.25, -0.2) is 19.3 Å². The summed E-state index contributed by atoms with van der Waals surface area (Å²) >= 11 is 0. The molecular formula is C25H29FN6O3. The lowest BCUT2D eigenvalue weighted by molar-refractivity contribution is 0.00141. The second-order valence-corrected chi connectivity index (χ2v) is 9.42. The monoisotopic (exact) mass is 480 g/mol. The lowest BCUT2D eigenvalue weighted by Crippen LogP contribution is -2.44. The molecular weight excluding hydrogens is 451 g/mol. The number of carbonyl (C=O) groups is 1. The molecule has 1 aliphatic heterocycles. The number of aromatic nitrogens is 3. The second-order valence-electron chi connectivity index (χ2n) is 9.42. The lowest BCUT2D eigenvalue weighted by Gasteiger charge is -2.27. The molecule has 2 aliphatic rings. The molecule has 10 heteroatoms. The third kappa shape index (κ3) is 5.18. The SMILES string of the molecule is NC(=O)c1cc(-c2ccc(OCC3(O)CCCC3)cc2)nc2c(N[C@@H]3CNC[C@@H](F)C3)ncnc12. The Morgan fingerprint density at radius 2 is 1.97 bits per heavy atom. The number of nitrogens with two attached hydrogens (primary N) is 1. The van der Waals surface area contributed by atoms with E-state index in [9.17, 15) is 14.3 Å². The van der Waals surface area contributed by atoms with Crippen LogP contribution < -0.4 is 21.1 Å². The first-order valence-electron chi connectivity index (χ1n) is 11.9. The van der Waals surface area contributed by atoms with Gasteiger partial charge in [-0.2, -0.15) is 0 Å². The van der Waals surface area contributed by atoms with Crippen LogP contribution in [0, 0.1) is 0 Å². The minimum Gasteiger partial charge on any atom is -0.491 e. The first kappa shape index (κ1) is 23.4. The summed E-state index contributed by atoms with van der Waals surface area (Å²) in [5.74, 6) is 0.433. The molecule has 2 aromatic heterocycles. The van der Waals surface area contributed by atoms with Gasteiger partial charge in [0, 0.05) is 31.1 Å². The maximum Gasteiger partial charge on any atom is 0.251 e. The zero-order valence-electron chi connectivity index (χ0n) is 19.3. The molecule has 5 N–H and O–H groups in total. The van der Waals surface area contributed by atoms with E-state index in [0.29, 0.717) is 47.8 Å². The van der Waals surface area contributed by atoms with Crippen molar-refractivity contribution in [3.8, 4) is 17.0 Å². The van der Waals surface area contributed by atoms with Gasteiger partial charge in [-0.3, -0.25) is 4.79 Å². The molecule has 1 aliphatic carbocycles. The molecule has 1 saturated carbocycles. The number of anilines is 1. The summed E-state index contributed by atoms with van der Waals surface area (Å²) in [6.07, 6.45) is 4.27. The maximum atomic E-state index is 13.9. The third-order valence-corrected chi connectivity index (χ3v) is 6.69. The maximum absolute atomic E-state index is 13.9. The molecule has 35 heavy (non-hydrogen) atoms. The number of nitrogens with zero attached hydrogens (tertiary/aromatic N) is 3. The van der Waals surface area contributed by atoms with Gasteiger partial charge in [0.1, 0.15) is 35.9 Å². The fraction of sp³-hybridized carbons (Fsp3) is 0.440. The molecule has 0 unspecified atom stereocenters. The summed E-state index contributed by atoms with van der Waals surface area (Å²) in [6, 6.07) is 8.72. The van der Waals surface area contributed by atoms with Crippen molar-refractivity contribution < 1.29 is 19.0 Å². The van der Waals surface area contributed by atoms with E-state index >= 15 is 0 Å². The van der Waals surface area contributed by atoms with Gasteiger partial charge < -0.3 is 26.2 Å². The number of rotatable bonds is 7. The number of hydrogen-bond acceptors (Lipinski definition) is 8. The number of fused-ring (bicyclic) bond motifs is 1. The Morgan fingerprint density at radius 1 is 1.20 bits per heavy atom. The van der Waals surface area contributed by atoms with Crippen LogP contribution >= 0.6 is 0 Å². The number of piperidine rings is 1. The number of benzene rings is 1. The summed E-state index contributed by atoms with van der Waals surface area (Å²) < 4.78 is 19.7. The summed E-state index contributed by atoms with van der Waals surface area (Å²) in [7, 11) is 0. The molecule has 2 fully saturated rings. The molecule has 0 bridgehead atoms. The highest BCUT2D eigenvalue weighted by Crippen LogP contribution is 2.31. The van der Waals surface area contributed by atoms with E-state index in [1.165, 1.54) is 6.33 Å². The van der Waals surface area contributed by atoms with Crippen molar-refractivity contribution in [2.24, 2.45) is 5.73 Å². The average Bonchev–Trinajstić information content (AvgIpc) is 3.29. The average molecular weight is 481 g/mol. The van der Waals surface area contributed by atoms with Crippen LogP contribution in [0.15, 0.2) is 36.7 Å². The van der Waals surface area contributed by atoms with Crippen molar-refractivity contribution in [2.75, 3.05) is 25.0 Å². The molecule has 2 atom stereocenters. The molecule has 1 aromatic carbocycles. The van der Waals surface area contributed by atoms with E-state index < -0.39 is 17.7 Å². The number of nitrogens with one attached hydrogen (secondary N) is 2. The molecule has 9 nitrogen and oxygen atoms in total. The van der Waals surface area contributed by atoms with Gasteiger partial charge in [0.05, 0.1) is 16.9 Å². The molecule has 3 aromatic rings.